The first-order valence-corrected chi connectivity index (χ1v) is 12.0. The summed E-state index contributed by atoms with van der Waals surface area (Å²) in [7, 11) is 0. The third kappa shape index (κ3) is 7.44. The van der Waals surface area contributed by atoms with Gasteiger partial charge < -0.3 is 30.3 Å². The molecule has 12 nitrogen and oxygen atoms in total. The SMILES string of the molecule is O=C(O)[C@@H](O)[C@@H](O)C(=O)O.O=C(c1ccc(F)cc1)C1CCN(CCn2c(=O)[nH]c3ccccc3c2=O)CC1. The number of benzene rings is 2. The Balaban J connectivity index is 0.000000360. The van der Waals surface area contributed by atoms with Crippen molar-refractivity contribution >= 4 is 28.6 Å². The molecule has 1 aromatic heterocycles. The third-order valence-corrected chi connectivity index (χ3v) is 6.42. The van der Waals surface area contributed by atoms with Crippen LogP contribution in [-0.4, -0.2) is 84.4 Å². The number of carboxylic acids is 2. The van der Waals surface area contributed by atoms with Crippen molar-refractivity contribution in [3.63, 3.8) is 0 Å². The molecule has 13 heteroatoms. The number of nitrogens with zero attached hydrogens (tertiary/aromatic N) is 2. The molecule has 0 amide bonds. The predicted molar refractivity (Wildman–Crippen MR) is 136 cm³/mol. The van der Waals surface area contributed by atoms with Gasteiger partial charge in [0.25, 0.3) is 5.56 Å². The number of likely N-dealkylation sites (tertiary alicyclic amines) is 1. The van der Waals surface area contributed by atoms with Gasteiger partial charge in [-0.15, -0.1) is 0 Å². The predicted octanol–water partition coefficient (Wildman–Crippen LogP) is 0.301. The number of aromatic nitrogens is 2. The standard InChI is InChI=1S/C22H22FN3O3.C4H6O6/c23-17-7-5-15(6-8-17)20(27)16-9-11-25(12-10-16)13-14-26-21(28)18-3-1-2-4-19(18)24-22(26)29;5-1(3(7)8)2(6)4(9)10/h1-8,16H,9-14H2,(H,24,29);1-2,5-6H,(H,7,8)(H,9,10)/t;1-,2+. The number of piperidine rings is 1. The molecule has 39 heavy (non-hydrogen) atoms. The lowest BCUT2D eigenvalue weighted by Crippen LogP contribution is -2.42. The minimum absolute atomic E-state index is 0.0480. The van der Waals surface area contributed by atoms with Crippen LogP contribution in [-0.2, 0) is 16.1 Å². The Morgan fingerprint density at radius 2 is 1.46 bits per heavy atom. The Morgan fingerprint density at radius 3 is 2.03 bits per heavy atom. The number of carboxylic acid groups (broad SMARTS) is 2. The molecule has 1 aliphatic heterocycles. The van der Waals surface area contributed by atoms with E-state index in [9.17, 15) is 28.4 Å². The average Bonchev–Trinajstić information content (AvgIpc) is 2.92. The summed E-state index contributed by atoms with van der Waals surface area (Å²) in [5.41, 5.74) is 0.388. The summed E-state index contributed by atoms with van der Waals surface area (Å²) in [6.07, 6.45) is -3.12. The summed E-state index contributed by atoms with van der Waals surface area (Å²) in [6, 6.07) is 12.6. The molecule has 208 valence electrons. The second kappa shape index (κ2) is 13.0. The van der Waals surface area contributed by atoms with Gasteiger partial charge in [-0.25, -0.2) is 18.8 Å². The van der Waals surface area contributed by atoms with Gasteiger partial charge >= 0.3 is 17.6 Å². The number of carbonyl (C=O) groups excluding carboxylic acids is 1. The molecule has 1 fully saturated rings. The van der Waals surface area contributed by atoms with Gasteiger partial charge in [0.1, 0.15) is 5.82 Å². The molecule has 0 radical (unpaired) electrons. The summed E-state index contributed by atoms with van der Waals surface area (Å²) in [4.78, 5) is 61.9. The van der Waals surface area contributed by atoms with Crippen LogP contribution in [0.3, 0.4) is 0 Å². The molecule has 4 rings (SSSR count). The quantitative estimate of drug-likeness (QED) is 0.246. The van der Waals surface area contributed by atoms with Crippen molar-refractivity contribution in [1.29, 1.82) is 0 Å². The molecular weight excluding hydrogens is 517 g/mol. The van der Waals surface area contributed by atoms with Gasteiger partial charge in [0.2, 0.25) is 0 Å². The molecule has 3 aromatic rings. The van der Waals surface area contributed by atoms with Gasteiger partial charge in [-0.3, -0.25) is 14.2 Å². The van der Waals surface area contributed by atoms with E-state index < -0.39 is 29.8 Å². The van der Waals surface area contributed by atoms with Gasteiger partial charge in [0.05, 0.1) is 10.9 Å². The molecular formula is C26H28FN3O9. The highest BCUT2D eigenvalue weighted by molar-refractivity contribution is 5.97. The monoisotopic (exact) mass is 545 g/mol. The van der Waals surface area contributed by atoms with E-state index in [-0.39, 0.29) is 23.1 Å². The maximum absolute atomic E-state index is 13.0. The number of halogens is 1. The van der Waals surface area contributed by atoms with Crippen LogP contribution in [0.4, 0.5) is 4.39 Å². The fourth-order valence-corrected chi connectivity index (χ4v) is 4.18. The van der Waals surface area contributed by atoms with Crippen molar-refractivity contribution in [2.75, 3.05) is 19.6 Å². The van der Waals surface area contributed by atoms with Gasteiger partial charge in [0.15, 0.2) is 18.0 Å². The third-order valence-electron chi connectivity index (χ3n) is 6.42. The second-order valence-corrected chi connectivity index (χ2v) is 8.99. The Bertz CT molecular complexity index is 1430. The number of rotatable bonds is 8. The molecule has 0 aliphatic carbocycles. The van der Waals surface area contributed by atoms with E-state index in [0.29, 0.717) is 42.4 Å². The lowest BCUT2D eigenvalue weighted by atomic mass is 9.89. The summed E-state index contributed by atoms with van der Waals surface area (Å²) >= 11 is 0. The molecule has 0 spiro atoms. The molecule has 2 atom stereocenters. The number of H-pyrrole nitrogens is 1. The Kier molecular flexibility index (Phi) is 9.82. The molecule has 1 aliphatic rings. The second-order valence-electron chi connectivity index (χ2n) is 8.99. The summed E-state index contributed by atoms with van der Waals surface area (Å²) in [6.45, 7) is 2.31. The topological polar surface area (TPSA) is 190 Å². The number of aromatic amines is 1. The van der Waals surface area contributed by atoms with Crippen molar-refractivity contribution in [2.45, 2.75) is 31.6 Å². The number of fused-ring (bicyclic) bond motifs is 1. The number of aliphatic hydroxyl groups is 2. The van der Waals surface area contributed by atoms with Crippen molar-refractivity contribution in [3.05, 3.63) is 80.7 Å². The number of nitrogens with one attached hydrogen (secondary N) is 1. The number of hydrogen-bond acceptors (Lipinski definition) is 8. The van der Waals surface area contributed by atoms with Crippen molar-refractivity contribution in [1.82, 2.24) is 14.5 Å². The molecule has 2 aromatic carbocycles. The van der Waals surface area contributed by atoms with Crippen molar-refractivity contribution < 1.29 is 39.2 Å². The van der Waals surface area contributed by atoms with E-state index in [0.717, 1.165) is 13.1 Å². The zero-order chi connectivity index (χ0) is 28.7. The average molecular weight is 546 g/mol. The van der Waals surface area contributed by atoms with E-state index in [1.54, 1.807) is 24.3 Å². The first kappa shape index (κ1) is 29.4. The Labute approximate surface area is 220 Å². The molecule has 2 heterocycles. The smallest absolute Gasteiger partial charge is 0.335 e. The van der Waals surface area contributed by atoms with E-state index in [1.165, 1.54) is 28.8 Å². The number of hydrogen-bond donors (Lipinski definition) is 5. The largest absolute Gasteiger partial charge is 0.479 e. The normalized spacial score (nSPS) is 15.7. The summed E-state index contributed by atoms with van der Waals surface area (Å²) < 4.78 is 14.3. The van der Waals surface area contributed by atoms with Crippen molar-refractivity contribution in [2.24, 2.45) is 5.92 Å². The summed E-state index contributed by atoms with van der Waals surface area (Å²) in [5.74, 6) is -3.92. The maximum Gasteiger partial charge on any atom is 0.335 e. The molecule has 5 N–H and O–H groups in total. The molecule has 1 saturated heterocycles. The van der Waals surface area contributed by atoms with Crippen LogP contribution in [0.25, 0.3) is 10.9 Å². The van der Waals surface area contributed by atoms with Gasteiger partial charge in [0, 0.05) is 24.6 Å². The number of Topliss-reactive ketones (excluding diaryl/α,β-unsaturated/α-hetero) is 1. The van der Waals surface area contributed by atoms with E-state index in [1.807, 2.05) is 0 Å². The van der Waals surface area contributed by atoms with Gasteiger partial charge in [-0.05, 0) is 62.3 Å². The summed E-state index contributed by atoms with van der Waals surface area (Å²) in [5, 5.41) is 33.0. The Morgan fingerprint density at radius 1 is 0.897 bits per heavy atom. The zero-order valence-electron chi connectivity index (χ0n) is 20.7. The zero-order valence-corrected chi connectivity index (χ0v) is 20.7. The van der Waals surface area contributed by atoms with Crippen molar-refractivity contribution in [3.8, 4) is 0 Å². The lowest BCUT2D eigenvalue weighted by Gasteiger charge is -2.31. The fourth-order valence-electron chi connectivity index (χ4n) is 4.18. The number of aliphatic hydroxyl groups excluding tert-OH is 2. The van der Waals surface area contributed by atoms with E-state index >= 15 is 0 Å². The van der Waals surface area contributed by atoms with Gasteiger partial charge in [-0.1, -0.05) is 12.1 Å². The van der Waals surface area contributed by atoms with Crippen LogP contribution in [0.1, 0.15) is 23.2 Å². The molecule has 0 saturated carbocycles. The molecule has 0 unspecified atom stereocenters. The number of carbonyl (C=O) groups is 3. The van der Waals surface area contributed by atoms with E-state index in [4.69, 9.17) is 20.4 Å². The van der Waals surface area contributed by atoms with Crippen LogP contribution >= 0.6 is 0 Å². The Hall–Kier alpha value is -4.20. The minimum Gasteiger partial charge on any atom is -0.479 e. The van der Waals surface area contributed by atoms with Crippen LogP contribution in [0, 0.1) is 11.7 Å². The molecule has 0 bridgehead atoms. The van der Waals surface area contributed by atoms with Crippen LogP contribution in [0.15, 0.2) is 58.1 Å². The van der Waals surface area contributed by atoms with Crippen LogP contribution in [0.2, 0.25) is 0 Å². The van der Waals surface area contributed by atoms with E-state index in [2.05, 4.69) is 9.88 Å². The lowest BCUT2D eigenvalue weighted by molar-refractivity contribution is -0.165. The number of para-hydroxylation sites is 1. The maximum atomic E-state index is 13.0. The van der Waals surface area contributed by atoms with Crippen LogP contribution in [0.5, 0.6) is 0 Å². The van der Waals surface area contributed by atoms with Crippen LogP contribution < -0.4 is 11.2 Å². The number of ketones is 1. The van der Waals surface area contributed by atoms with Gasteiger partial charge in [-0.2, -0.15) is 0 Å². The highest BCUT2D eigenvalue weighted by atomic mass is 19.1. The number of aliphatic carboxylic acids is 2. The highest BCUT2D eigenvalue weighted by Gasteiger charge is 2.29. The fraction of sp³-hybridized carbons (Fsp3) is 0.346. The first-order chi connectivity index (χ1) is 18.5. The minimum atomic E-state index is -2.27. The highest BCUT2D eigenvalue weighted by Crippen LogP contribution is 2.22. The first-order valence-electron chi connectivity index (χ1n) is 12.0.